The van der Waals surface area contributed by atoms with Crippen LogP contribution in [-0.2, 0) is 9.53 Å². The van der Waals surface area contributed by atoms with E-state index in [-0.39, 0.29) is 11.4 Å². The van der Waals surface area contributed by atoms with Gasteiger partial charge < -0.3 is 15.0 Å². The van der Waals surface area contributed by atoms with Gasteiger partial charge >= 0.3 is 0 Å². The maximum Gasteiger partial charge on any atom is 0.234 e. The highest BCUT2D eigenvalue weighted by Crippen LogP contribution is 2.28. The van der Waals surface area contributed by atoms with Gasteiger partial charge in [0.1, 0.15) is 11.6 Å². The van der Waals surface area contributed by atoms with Gasteiger partial charge in [-0.1, -0.05) is 29.4 Å². The van der Waals surface area contributed by atoms with Crippen LogP contribution in [0.1, 0.15) is 0 Å². The Balaban J connectivity index is 1.55. The molecule has 0 spiro atoms. The quantitative estimate of drug-likeness (QED) is 0.559. The highest BCUT2D eigenvalue weighted by Gasteiger charge is 2.22. The first kappa shape index (κ1) is 21.5. The lowest BCUT2D eigenvalue weighted by atomic mass is 10.3. The van der Waals surface area contributed by atoms with Gasteiger partial charge in [0.2, 0.25) is 11.9 Å². The summed E-state index contributed by atoms with van der Waals surface area (Å²) in [6.07, 6.45) is 0. The van der Waals surface area contributed by atoms with Crippen molar-refractivity contribution in [1.29, 1.82) is 0 Å². The van der Waals surface area contributed by atoms with Crippen LogP contribution >= 0.6 is 23.4 Å². The van der Waals surface area contributed by atoms with Gasteiger partial charge in [-0.15, -0.1) is 10.2 Å². The van der Waals surface area contributed by atoms with Crippen LogP contribution in [-0.4, -0.2) is 52.7 Å². The summed E-state index contributed by atoms with van der Waals surface area (Å²) in [6, 6.07) is 9.97. The average Bonchev–Trinajstić information content (AvgIpc) is 3.19. The number of aromatic nitrogens is 3. The van der Waals surface area contributed by atoms with E-state index in [1.165, 1.54) is 30.3 Å². The Morgan fingerprint density at radius 1 is 1.16 bits per heavy atom. The minimum Gasteiger partial charge on any atom is -0.378 e. The normalized spacial score (nSPS) is 14.0. The number of carbonyl (C=O) groups excluding carboxylic acids is 1. The number of benzene rings is 2. The van der Waals surface area contributed by atoms with Gasteiger partial charge in [0, 0.05) is 18.1 Å². The number of hydrogen-bond acceptors (Lipinski definition) is 6. The third-order valence-corrected chi connectivity index (χ3v) is 5.68. The summed E-state index contributed by atoms with van der Waals surface area (Å²) in [7, 11) is 0. The van der Waals surface area contributed by atoms with Crippen molar-refractivity contribution in [3.8, 4) is 5.69 Å². The summed E-state index contributed by atoms with van der Waals surface area (Å²) in [5.41, 5.74) is 0.536. The monoisotopic (exact) mass is 465 g/mol. The van der Waals surface area contributed by atoms with E-state index >= 15 is 0 Å². The topological polar surface area (TPSA) is 72.3 Å². The molecular formula is C20H18ClF2N5O2S. The van der Waals surface area contributed by atoms with Crippen LogP contribution in [0.5, 0.6) is 0 Å². The van der Waals surface area contributed by atoms with E-state index in [0.29, 0.717) is 48.1 Å². The van der Waals surface area contributed by atoms with Crippen molar-refractivity contribution < 1.29 is 18.3 Å². The van der Waals surface area contributed by atoms with E-state index in [4.69, 9.17) is 16.3 Å². The molecular weight excluding hydrogens is 448 g/mol. The average molecular weight is 466 g/mol. The molecule has 1 fully saturated rings. The Morgan fingerprint density at radius 3 is 2.74 bits per heavy atom. The highest BCUT2D eigenvalue weighted by molar-refractivity contribution is 7.99. The van der Waals surface area contributed by atoms with Crippen molar-refractivity contribution in [2.24, 2.45) is 0 Å². The number of amides is 1. The Hall–Kier alpha value is -2.69. The molecule has 7 nitrogen and oxygen atoms in total. The molecule has 0 unspecified atom stereocenters. The van der Waals surface area contributed by atoms with E-state index in [1.54, 1.807) is 16.7 Å². The Labute approximate surface area is 186 Å². The number of thioether (sulfide) groups is 1. The molecule has 0 aliphatic carbocycles. The maximum absolute atomic E-state index is 13.9. The highest BCUT2D eigenvalue weighted by atomic mass is 35.5. The molecule has 162 valence electrons. The SMILES string of the molecule is O=C(CSc1nnc(N2CCOCC2)n1-c1cccc(F)c1)Nc1cc(Cl)ccc1F. The molecule has 11 heteroatoms. The molecule has 31 heavy (non-hydrogen) atoms. The molecule has 1 aliphatic rings. The molecule has 1 N–H and O–H groups in total. The molecule has 0 saturated carbocycles. The lowest BCUT2D eigenvalue weighted by molar-refractivity contribution is -0.113. The molecule has 0 atom stereocenters. The molecule has 1 amide bonds. The number of nitrogens with one attached hydrogen (secondary N) is 1. The zero-order chi connectivity index (χ0) is 21.8. The summed E-state index contributed by atoms with van der Waals surface area (Å²) in [5, 5.41) is 11.7. The van der Waals surface area contributed by atoms with Gasteiger partial charge in [-0.2, -0.15) is 0 Å². The van der Waals surface area contributed by atoms with Gasteiger partial charge in [0.15, 0.2) is 5.16 Å². The first-order valence-electron chi connectivity index (χ1n) is 9.43. The molecule has 2 aromatic carbocycles. The van der Waals surface area contributed by atoms with Crippen molar-refractivity contribution in [2.45, 2.75) is 5.16 Å². The number of nitrogens with zero attached hydrogens (tertiary/aromatic N) is 4. The maximum atomic E-state index is 13.9. The lowest BCUT2D eigenvalue weighted by Crippen LogP contribution is -2.37. The number of hydrogen-bond donors (Lipinski definition) is 1. The fraction of sp³-hybridized carbons (Fsp3) is 0.250. The van der Waals surface area contributed by atoms with Crippen LogP contribution in [0.15, 0.2) is 47.6 Å². The van der Waals surface area contributed by atoms with Crippen molar-refractivity contribution in [3.05, 3.63) is 59.1 Å². The summed E-state index contributed by atoms with van der Waals surface area (Å²) in [4.78, 5) is 14.4. The fourth-order valence-corrected chi connectivity index (χ4v) is 3.99. The van der Waals surface area contributed by atoms with Crippen LogP contribution in [0.2, 0.25) is 5.02 Å². The van der Waals surface area contributed by atoms with Crippen LogP contribution in [0.3, 0.4) is 0 Å². The standard InChI is InChI=1S/C20H18ClF2N5O2S/c21-13-4-5-16(23)17(10-13)24-18(29)12-31-20-26-25-19(27-6-8-30-9-7-27)28(20)15-3-1-2-14(22)11-15/h1-5,10-11H,6-9,12H2,(H,24,29). The zero-order valence-electron chi connectivity index (χ0n) is 16.2. The van der Waals surface area contributed by atoms with E-state index in [2.05, 4.69) is 15.5 Å². The number of anilines is 2. The fourth-order valence-electron chi connectivity index (χ4n) is 3.07. The number of morpholine rings is 1. The lowest BCUT2D eigenvalue weighted by Gasteiger charge is -2.27. The smallest absolute Gasteiger partial charge is 0.234 e. The van der Waals surface area contributed by atoms with Gasteiger partial charge in [0.05, 0.1) is 30.3 Å². The first-order valence-corrected chi connectivity index (χ1v) is 10.8. The van der Waals surface area contributed by atoms with Crippen molar-refractivity contribution >= 4 is 40.9 Å². The van der Waals surface area contributed by atoms with Crippen LogP contribution in [0.25, 0.3) is 5.69 Å². The minimum absolute atomic E-state index is 0.00120. The van der Waals surface area contributed by atoms with E-state index in [0.717, 1.165) is 11.8 Å². The number of rotatable bonds is 6. The molecule has 1 saturated heterocycles. The molecule has 1 aliphatic heterocycles. The van der Waals surface area contributed by atoms with Crippen LogP contribution in [0.4, 0.5) is 20.4 Å². The van der Waals surface area contributed by atoms with Gasteiger partial charge in [-0.3, -0.25) is 9.36 Å². The summed E-state index contributed by atoms with van der Waals surface area (Å²) < 4.78 is 34.8. The summed E-state index contributed by atoms with van der Waals surface area (Å²) >= 11 is 6.97. The molecule has 1 aromatic heterocycles. The summed E-state index contributed by atoms with van der Waals surface area (Å²) in [5.74, 6) is -0.933. The zero-order valence-corrected chi connectivity index (χ0v) is 17.8. The van der Waals surface area contributed by atoms with Crippen molar-refractivity contribution in [1.82, 2.24) is 14.8 Å². The van der Waals surface area contributed by atoms with Gasteiger partial charge in [-0.25, -0.2) is 8.78 Å². The molecule has 3 aromatic rings. The largest absolute Gasteiger partial charge is 0.378 e. The second-order valence-electron chi connectivity index (χ2n) is 6.66. The molecule has 0 bridgehead atoms. The van der Waals surface area contributed by atoms with Crippen molar-refractivity contribution in [2.75, 3.05) is 42.3 Å². The summed E-state index contributed by atoms with van der Waals surface area (Å²) in [6.45, 7) is 2.33. The number of halogens is 3. The van der Waals surface area contributed by atoms with E-state index in [9.17, 15) is 13.6 Å². The third kappa shape index (κ3) is 5.15. The number of carbonyl (C=O) groups is 1. The van der Waals surface area contributed by atoms with Gasteiger partial charge in [-0.05, 0) is 36.4 Å². The molecule has 2 heterocycles. The Bertz CT molecular complexity index is 1090. The predicted octanol–water partition coefficient (Wildman–Crippen LogP) is 3.77. The van der Waals surface area contributed by atoms with Crippen LogP contribution < -0.4 is 10.2 Å². The number of ether oxygens (including phenoxy) is 1. The molecule has 4 rings (SSSR count). The van der Waals surface area contributed by atoms with Crippen LogP contribution in [0, 0.1) is 11.6 Å². The second kappa shape index (κ2) is 9.63. The predicted molar refractivity (Wildman–Crippen MR) is 115 cm³/mol. The van der Waals surface area contributed by atoms with E-state index in [1.807, 2.05) is 4.90 Å². The first-order chi connectivity index (χ1) is 15.0. The third-order valence-electron chi connectivity index (χ3n) is 4.51. The van der Waals surface area contributed by atoms with Crippen molar-refractivity contribution in [3.63, 3.8) is 0 Å². The van der Waals surface area contributed by atoms with Gasteiger partial charge in [0.25, 0.3) is 0 Å². The Morgan fingerprint density at radius 2 is 1.97 bits per heavy atom. The minimum atomic E-state index is -0.583. The van der Waals surface area contributed by atoms with E-state index < -0.39 is 17.5 Å². The Kier molecular flexibility index (Phi) is 6.69. The second-order valence-corrected chi connectivity index (χ2v) is 8.04. The molecule has 0 radical (unpaired) electrons.